The minimum atomic E-state index is -0.409. The Hall–Kier alpha value is -2.13. The molecule has 0 N–H and O–H groups in total. The lowest BCUT2D eigenvalue weighted by Crippen LogP contribution is -2.34. The van der Waals surface area contributed by atoms with E-state index in [4.69, 9.17) is 9.47 Å². The molecule has 3 heteroatoms. The van der Waals surface area contributed by atoms with Gasteiger partial charge in [-0.15, -0.1) is 0 Å². The van der Waals surface area contributed by atoms with Crippen molar-refractivity contribution in [3.63, 3.8) is 0 Å². The number of fused-ring (bicyclic) bond motifs is 2. The summed E-state index contributed by atoms with van der Waals surface area (Å²) in [6.07, 6.45) is 15.0. The van der Waals surface area contributed by atoms with Crippen LogP contribution in [0.25, 0.3) is 12.2 Å². The Kier molecular flexibility index (Phi) is 4.35. The Labute approximate surface area is 142 Å². The number of ether oxygens (including phenoxy) is 2. The van der Waals surface area contributed by atoms with Gasteiger partial charge in [0, 0.05) is 18.8 Å². The van der Waals surface area contributed by atoms with Crippen LogP contribution in [0.2, 0.25) is 0 Å². The smallest absolute Gasteiger partial charge is 0.308 e. The molecular weight excluding hydrogens is 300 g/mol. The third-order valence-electron chi connectivity index (χ3n) is 4.92. The van der Waals surface area contributed by atoms with Crippen molar-refractivity contribution in [3.05, 3.63) is 58.0 Å². The second-order valence-corrected chi connectivity index (χ2v) is 6.64. The van der Waals surface area contributed by atoms with Gasteiger partial charge in [0.25, 0.3) is 0 Å². The summed E-state index contributed by atoms with van der Waals surface area (Å²) in [6, 6.07) is 6.34. The van der Waals surface area contributed by atoms with Gasteiger partial charge in [0.1, 0.15) is 0 Å². The van der Waals surface area contributed by atoms with Gasteiger partial charge < -0.3 is 9.47 Å². The van der Waals surface area contributed by atoms with Crippen LogP contribution in [-0.4, -0.2) is 12.3 Å². The minimum absolute atomic E-state index is 0.144. The van der Waals surface area contributed by atoms with Crippen LogP contribution in [-0.2, 0) is 20.9 Å². The molecule has 0 amide bonds. The molecule has 24 heavy (non-hydrogen) atoms. The molecular formula is C21H22O3. The zero-order valence-corrected chi connectivity index (χ0v) is 13.7. The number of carbonyl (C=O) groups excluding carboxylic acids is 1. The molecule has 1 aromatic rings. The van der Waals surface area contributed by atoms with E-state index in [1.165, 1.54) is 16.0 Å². The fourth-order valence-electron chi connectivity index (χ4n) is 3.59. The molecule has 0 radical (unpaired) electrons. The highest BCUT2D eigenvalue weighted by Crippen LogP contribution is 2.24. The van der Waals surface area contributed by atoms with E-state index in [-0.39, 0.29) is 5.97 Å². The summed E-state index contributed by atoms with van der Waals surface area (Å²) in [5, 5.41) is 2.50. The number of esters is 1. The number of carbonyl (C=O) groups is 1. The van der Waals surface area contributed by atoms with Crippen LogP contribution >= 0.6 is 0 Å². The number of hydrogen-bond donors (Lipinski definition) is 0. The van der Waals surface area contributed by atoms with Crippen molar-refractivity contribution >= 4 is 18.1 Å². The fraction of sp³-hybridized carbons (Fsp3) is 0.381. The third kappa shape index (κ3) is 3.22. The molecule has 1 aliphatic heterocycles. The van der Waals surface area contributed by atoms with E-state index in [2.05, 4.69) is 48.6 Å². The predicted molar refractivity (Wildman–Crippen MR) is 93.1 cm³/mol. The first-order valence-electron chi connectivity index (χ1n) is 8.79. The van der Waals surface area contributed by atoms with Gasteiger partial charge in [0.2, 0.25) is 6.29 Å². The maximum absolute atomic E-state index is 11.6. The zero-order valence-electron chi connectivity index (χ0n) is 13.7. The molecule has 1 aromatic carbocycles. The summed E-state index contributed by atoms with van der Waals surface area (Å²) in [5.41, 5.74) is 2.51. The van der Waals surface area contributed by atoms with Gasteiger partial charge in [-0.2, -0.15) is 0 Å². The summed E-state index contributed by atoms with van der Waals surface area (Å²) in [6.45, 7) is 0.471. The normalized spacial score (nSPS) is 25.3. The second kappa shape index (κ2) is 6.78. The summed E-state index contributed by atoms with van der Waals surface area (Å²) >= 11 is 0. The Morgan fingerprint density at radius 2 is 2.21 bits per heavy atom. The standard InChI is InChI=1S/C21H22O3/c22-20-10-3-4-11-21(24-20)23-14-18-9-5-8-17-12-15-6-1-2-7-16(15)13-19(17)18/h1-2,5,7-9,12-13,15,21H,3-4,6,10-11,14H2. The lowest BCUT2D eigenvalue weighted by Gasteiger charge is -2.20. The number of cyclic esters (lactones) is 1. The Bertz CT molecular complexity index is 816. The van der Waals surface area contributed by atoms with Gasteiger partial charge in [0.05, 0.1) is 6.61 Å². The number of allylic oxidation sites excluding steroid dienone is 4. The van der Waals surface area contributed by atoms with Crippen molar-refractivity contribution in [1.29, 1.82) is 0 Å². The third-order valence-corrected chi connectivity index (χ3v) is 4.92. The first kappa shape index (κ1) is 15.4. The van der Waals surface area contributed by atoms with Crippen LogP contribution in [0.4, 0.5) is 0 Å². The van der Waals surface area contributed by atoms with E-state index in [9.17, 15) is 4.79 Å². The number of benzene rings is 1. The Balaban J connectivity index is 1.57. The van der Waals surface area contributed by atoms with Gasteiger partial charge in [0.15, 0.2) is 0 Å². The molecule has 1 saturated heterocycles. The molecule has 2 atom stereocenters. The Morgan fingerprint density at radius 3 is 3.17 bits per heavy atom. The van der Waals surface area contributed by atoms with Crippen LogP contribution in [0.5, 0.6) is 0 Å². The molecule has 1 heterocycles. The van der Waals surface area contributed by atoms with Crippen LogP contribution in [0, 0.1) is 5.92 Å². The molecule has 2 aliphatic carbocycles. The molecule has 4 rings (SSSR count). The number of rotatable bonds is 3. The van der Waals surface area contributed by atoms with Crippen molar-refractivity contribution in [2.24, 2.45) is 5.92 Å². The largest absolute Gasteiger partial charge is 0.436 e. The SMILES string of the molecule is O=C1CCCCC(OCc2cccc3c2=CC2=CC=CCC2C=3)O1. The monoisotopic (exact) mass is 322 g/mol. The van der Waals surface area contributed by atoms with E-state index in [1.54, 1.807) is 0 Å². The summed E-state index contributed by atoms with van der Waals surface area (Å²) in [7, 11) is 0. The fourth-order valence-corrected chi connectivity index (χ4v) is 3.59. The van der Waals surface area contributed by atoms with Crippen LogP contribution in [0.1, 0.15) is 37.7 Å². The van der Waals surface area contributed by atoms with Crippen molar-refractivity contribution in [2.75, 3.05) is 0 Å². The topological polar surface area (TPSA) is 35.5 Å². The van der Waals surface area contributed by atoms with E-state index in [0.29, 0.717) is 18.9 Å². The summed E-state index contributed by atoms with van der Waals surface area (Å²) in [4.78, 5) is 11.6. The molecule has 0 bridgehead atoms. The molecule has 2 unspecified atom stereocenters. The molecule has 1 fully saturated rings. The molecule has 124 valence electrons. The van der Waals surface area contributed by atoms with E-state index in [1.807, 2.05) is 0 Å². The van der Waals surface area contributed by atoms with Crippen LogP contribution in [0.3, 0.4) is 0 Å². The minimum Gasteiger partial charge on any atom is -0.436 e. The quantitative estimate of drug-likeness (QED) is 0.803. The lowest BCUT2D eigenvalue weighted by atomic mass is 9.86. The average molecular weight is 322 g/mol. The first-order chi connectivity index (χ1) is 11.8. The average Bonchev–Trinajstić information content (AvgIpc) is 2.82. The van der Waals surface area contributed by atoms with Gasteiger partial charge in [-0.05, 0) is 40.8 Å². The van der Waals surface area contributed by atoms with Gasteiger partial charge >= 0.3 is 5.97 Å². The molecule has 3 aliphatic rings. The predicted octanol–water partition coefficient (Wildman–Crippen LogP) is 2.72. The summed E-state index contributed by atoms with van der Waals surface area (Å²) < 4.78 is 11.3. The van der Waals surface area contributed by atoms with Crippen LogP contribution < -0.4 is 10.4 Å². The molecule has 0 saturated carbocycles. The molecule has 3 nitrogen and oxygen atoms in total. The highest BCUT2D eigenvalue weighted by atomic mass is 16.7. The van der Waals surface area contributed by atoms with E-state index >= 15 is 0 Å². The number of hydrogen-bond acceptors (Lipinski definition) is 3. The van der Waals surface area contributed by atoms with Gasteiger partial charge in [-0.3, -0.25) is 4.79 Å². The van der Waals surface area contributed by atoms with Crippen LogP contribution in [0.15, 0.2) is 42.0 Å². The van der Waals surface area contributed by atoms with Crippen molar-refractivity contribution in [1.82, 2.24) is 0 Å². The summed E-state index contributed by atoms with van der Waals surface area (Å²) in [5.74, 6) is 0.343. The Morgan fingerprint density at radius 1 is 1.25 bits per heavy atom. The maximum atomic E-state index is 11.6. The van der Waals surface area contributed by atoms with Crippen molar-refractivity contribution in [2.45, 2.75) is 45.0 Å². The zero-order chi connectivity index (χ0) is 16.4. The maximum Gasteiger partial charge on any atom is 0.308 e. The lowest BCUT2D eigenvalue weighted by molar-refractivity contribution is -0.179. The second-order valence-electron chi connectivity index (χ2n) is 6.64. The molecule has 0 spiro atoms. The molecule has 0 aromatic heterocycles. The highest BCUT2D eigenvalue weighted by Gasteiger charge is 2.19. The van der Waals surface area contributed by atoms with E-state index < -0.39 is 6.29 Å². The van der Waals surface area contributed by atoms with Crippen molar-refractivity contribution in [3.8, 4) is 0 Å². The first-order valence-corrected chi connectivity index (χ1v) is 8.79. The van der Waals surface area contributed by atoms with E-state index in [0.717, 1.165) is 31.2 Å². The highest BCUT2D eigenvalue weighted by molar-refractivity contribution is 5.69. The van der Waals surface area contributed by atoms with Crippen molar-refractivity contribution < 1.29 is 14.3 Å². The van der Waals surface area contributed by atoms with Gasteiger partial charge in [-0.1, -0.05) is 48.6 Å². The van der Waals surface area contributed by atoms with Gasteiger partial charge in [-0.25, -0.2) is 0 Å².